The first-order valence-corrected chi connectivity index (χ1v) is 12.4. The van der Waals surface area contributed by atoms with E-state index in [1.165, 1.54) is 0 Å². The summed E-state index contributed by atoms with van der Waals surface area (Å²) in [6.07, 6.45) is -7.87. The molecule has 2 aliphatic heterocycles. The minimum absolute atomic E-state index is 0.00493. The van der Waals surface area contributed by atoms with E-state index in [1.54, 1.807) is 5.59 Å². The standard InChI is InChI=1S/C18H20F8N3O9S/c19-17(20,21)15-12(16(31)36-8-37-27-29(35)28-3-1-2-10(28)7-30)5-9-4-11(39(22,23,24,25)26)6-13(14(9)38-15)18(32,33)34/h4-6,10,15,30,32-34H,1-3,7-8H2,(H,27,35)/q+1/t10-,15-/m0/s1. The van der Waals surface area contributed by atoms with E-state index in [1.807, 2.05) is 0 Å². The average molecular weight is 606 g/mol. The third-order valence-electron chi connectivity index (χ3n) is 5.44. The molecule has 0 unspecified atom stereocenters. The minimum atomic E-state index is -10.6. The Bertz CT molecular complexity index is 1190. The lowest BCUT2D eigenvalue weighted by atomic mass is 9.98. The molecular weight excluding hydrogens is 586 g/mol. The number of nitrogens with one attached hydrogen (secondary N) is 1. The number of fused-ring (bicyclic) bond motifs is 1. The van der Waals surface area contributed by atoms with Crippen LogP contribution in [0.2, 0.25) is 0 Å². The number of halogens is 8. The predicted octanol–water partition coefficient (Wildman–Crippen LogP) is 2.23. The van der Waals surface area contributed by atoms with Crippen molar-refractivity contribution in [2.24, 2.45) is 0 Å². The number of benzene rings is 1. The van der Waals surface area contributed by atoms with E-state index in [9.17, 15) is 62.7 Å². The van der Waals surface area contributed by atoms with E-state index >= 15 is 0 Å². The predicted molar refractivity (Wildman–Crippen MR) is 110 cm³/mol. The van der Waals surface area contributed by atoms with Gasteiger partial charge in [-0.15, -0.1) is 5.01 Å². The van der Waals surface area contributed by atoms with Crippen molar-refractivity contribution in [1.29, 1.82) is 0 Å². The third-order valence-corrected chi connectivity index (χ3v) is 6.57. The smallest absolute Gasteiger partial charge is 0.430 e. The summed E-state index contributed by atoms with van der Waals surface area (Å²) < 4.78 is 117. The van der Waals surface area contributed by atoms with Gasteiger partial charge in [-0.05, 0) is 31.1 Å². The van der Waals surface area contributed by atoms with E-state index in [4.69, 9.17) is 0 Å². The van der Waals surface area contributed by atoms with Crippen LogP contribution in [0.3, 0.4) is 0 Å². The third kappa shape index (κ3) is 6.97. The van der Waals surface area contributed by atoms with Gasteiger partial charge in [-0.25, -0.2) is 4.79 Å². The second kappa shape index (κ2) is 9.30. The maximum absolute atomic E-state index is 13.6. The van der Waals surface area contributed by atoms with Gasteiger partial charge in [0.1, 0.15) is 16.7 Å². The molecule has 222 valence electrons. The molecule has 1 fully saturated rings. The monoisotopic (exact) mass is 606 g/mol. The Kier molecular flexibility index (Phi) is 7.29. The number of rotatable bonds is 9. The number of aliphatic hydroxyl groups is 4. The highest BCUT2D eigenvalue weighted by molar-refractivity contribution is 8.45. The highest BCUT2D eigenvalue weighted by Gasteiger charge is 2.66. The number of aliphatic hydroxyl groups excluding tert-OH is 1. The number of alkyl halides is 3. The summed E-state index contributed by atoms with van der Waals surface area (Å²) in [6.45, 7) is -1.45. The molecule has 39 heavy (non-hydrogen) atoms. The molecular formula is C18H20F8N3O9S+. The fourth-order valence-corrected chi connectivity index (χ4v) is 4.40. The maximum atomic E-state index is 13.6. The number of hydrogen-bond acceptors (Lipinski definition) is 9. The first kappa shape index (κ1) is 30.6. The average Bonchev–Trinajstić information content (AvgIpc) is 3.26. The van der Waals surface area contributed by atoms with Gasteiger partial charge in [0, 0.05) is 11.2 Å². The van der Waals surface area contributed by atoms with E-state index in [0.29, 0.717) is 12.8 Å². The van der Waals surface area contributed by atoms with Crippen LogP contribution in [0.25, 0.3) is 6.08 Å². The van der Waals surface area contributed by atoms with Crippen molar-refractivity contribution < 1.29 is 77.1 Å². The fourth-order valence-electron chi connectivity index (χ4n) is 3.71. The summed E-state index contributed by atoms with van der Waals surface area (Å²) in [5.74, 6) is -7.82. The first-order chi connectivity index (χ1) is 17.5. The van der Waals surface area contributed by atoms with Crippen LogP contribution in [0, 0.1) is 4.91 Å². The topological polar surface area (TPSA) is 161 Å². The normalized spacial score (nSPS) is 21.7. The first-order valence-electron chi connectivity index (χ1n) is 10.5. The van der Waals surface area contributed by atoms with Gasteiger partial charge in [-0.1, -0.05) is 19.4 Å². The SMILES string of the molecule is O=C(OCON[N+](=O)N1CCC[C@H]1CO)C1=Cc2cc(S(F)(F)(F)(F)F)cc(C(O)(O)O)c2O[C@@H]1C(F)(F)F. The van der Waals surface area contributed by atoms with Crippen LogP contribution < -0.4 is 10.3 Å². The maximum Gasteiger partial charge on any atom is 0.430 e. The number of ether oxygens (including phenoxy) is 2. The van der Waals surface area contributed by atoms with Crippen LogP contribution in [0.4, 0.5) is 32.6 Å². The molecule has 0 spiro atoms. The summed E-state index contributed by atoms with van der Waals surface area (Å²) in [6, 6.07) is -1.71. The second-order valence-electron chi connectivity index (χ2n) is 8.33. The van der Waals surface area contributed by atoms with Gasteiger partial charge in [0.2, 0.25) is 12.9 Å². The number of hydrazine groups is 2. The van der Waals surface area contributed by atoms with E-state index in [2.05, 4.69) is 14.3 Å². The largest absolute Gasteiger partial charge is 0.475 e. The van der Waals surface area contributed by atoms with Gasteiger partial charge >= 0.3 is 28.3 Å². The van der Waals surface area contributed by atoms with Crippen LogP contribution in [0.5, 0.6) is 5.75 Å². The van der Waals surface area contributed by atoms with Gasteiger partial charge in [-0.3, -0.25) is 0 Å². The Hall–Kier alpha value is -2.98. The molecule has 0 saturated carbocycles. The van der Waals surface area contributed by atoms with Gasteiger partial charge in [-0.2, -0.15) is 18.0 Å². The highest BCUT2D eigenvalue weighted by atomic mass is 32.5. The lowest BCUT2D eigenvalue weighted by molar-refractivity contribution is -0.793. The Morgan fingerprint density at radius 2 is 1.82 bits per heavy atom. The van der Waals surface area contributed by atoms with Gasteiger partial charge in [0.15, 0.2) is 0 Å². The van der Waals surface area contributed by atoms with Gasteiger partial charge in [0.25, 0.3) is 4.98 Å². The van der Waals surface area contributed by atoms with Gasteiger partial charge in [0.05, 0.1) is 29.2 Å². The molecule has 21 heteroatoms. The second-order valence-corrected chi connectivity index (χ2v) is 10.7. The van der Waals surface area contributed by atoms with Crippen LogP contribution in [0.15, 0.2) is 22.6 Å². The van der Waals surface area contributed by atoms with Crippen molar-refractivity contribution in [2.75, 3.05) is 19.9 Å². The molecule has 0 radical (unpaired) electrons. The molecule has 1 aromatic carbocycles. The van der Waals surface area contributed by atoms with Crippen molar-refractivity contribution in [3.05, 3.63) is 33.7 Å². The summed E-state index contributed by atoms with van der Waals surface area (Å²) in [4.78, 5) is 25.9. The number of hydrogen-bond donors (Lipinski definition) is 5. The summed E-state index contributed by atoms with van der Waals surface area (Å²) in [7, 11) is -10.6. The van der Waals surface area contributed by atoms with Crippen LogP contribution >= 0.6 is 10.2 Å². The van der Waals surface area contributed by atoms with Crippen molar-refractivity contribution in [3.63, 3.8) is 0 Å². The zero-order valence-corrected chi connectivity index (χ0v) is 19.9. The van der Waals surface area contributed by atoms with Crippen molar-refractivity contribution in [2.45, 2.75) is 42.0 Å². The van der Waals surface area contributed by atoms with Gasteiger partial charge < -0.3 is 29.9 Å². The van der Waals surface area contributed by atoms with Crippen molar-refractivity contribution in [1.82, 2.24) is 10.6 Å². The molecule has 1 saturated heterocycles. The molecule has 2 heterocycles. The lowest BCUT2D eigenvalue weighted by Gasteiger charge is -2.41. The summed E-state index contributed by atoms with van der Waals surface area (Å²) in [5, 5.41) is 38.3. The van der Waals surface area contributed by atoms with Crippen LogP contribution in [0.1, 0.15) is 24.0 Å². The minimum Gasteiger partial charge on any atom is -0.475 e. The summed E-state index contributed by atoms with van der Waals surface area (Å²) >= 11 is 0. The quantitative estimate of drug-likeness (QED) is 0.0700. The highest BCUT2D eigenvalue weighted by Crippen LogP contribution is 3.02. The molecule has 2 aliphatic rings. The Morgan fingerprint density at radius 3 is 2.36 bits per heavy atom. The zero-order chi connectivity index (χ0) is 29.7. The van der Waals surface area contributed by atoms with E-state index in [0.717, 1.165) is 5.01 Å². The van der Waals surface area contributed by atoms with Crippen molar-refractivity contribution >= 4 is 22.3 Å². The number of nitroso groups, excluding NO2 is 1. The Balaban J connectivity index is 1.90. The van der Waals surface area contributed by atoms with E-state index in [-0.39, 0.29) is 24.2 Å². The molecule has 5 N–H and O–H groups in total. The number of nitrogens with zero attached hydrogens (tertiary/aromatic N) is 2. The van der Waals surface area contributed by atoms with Crippen LogP contribution in [-0.4, -0.2) is 74.6 Å². The molecule has 2 atom stereocenters. The van der Waals surface area contributed by atoms with Crippen LogP contribution in [-0.2, 0) is 20.3 Å². The molecule has 3 rings (SSSR count). The molecule has 0 aliphatic carbocycles. The number of esters is 1. The molecule has 0 amide bonds. The molecule has 0 aromatic heterocycles. The molecule has 0 bridgehead atoms. The molecule has 1 aromatic rings. The lowest BCUT2D eigenvalue weighted by Crippen LogP contribution is -2.46. The Labute approximate surface area is 212 Å². The van der Waals surface area contributed by atoms with E-state index < -0.39 is 86.8 Å². The van der Waals surface area contributed by atoms with Crippen molar-refractivity contribution in [3.8, 4) is 5.75 Å². The number of carbonyl (C=O) groups excluding carboxylic acids is 1. The zero-order valence-electron chi connectivity index (χ0n) is 19.1. The fraction of sp³-hybridized carbons (Fsp3) is 0.500. The molecule has 12 nitrogen and oxygen atoms in total. The summed E-state index contributed by atoms with van der Waals surface area (Å²) in [5.41, 5.74) is -3.11. The number of carbonyl (C=O) groups is 1. The Morgan fingerprint density at radius 1 is 1.18 bits per heavy atom.